The van der Waals surface area contributed by atoms with Gasteiger partial charge in [0.2, 0.25) is 11.7 Å². The third-order valence-electron chi connectivity index (χ3n) is 4.59. The molecule has 0 aliphatic carbocycles. The zero-order valence-electron chi connectivity index (χ0n) is 14.9. The Morgan fingerprint density at radius 2 is 2.15 bits per heavy atom. The quantitative estimate of drug-likeness (QED) is 0.706. The van der Waals surface area contributed by atoms with E-state index in [-0.39, 0.29) is 11.9 Å². The Balaban J connectivity index is 1.21. The third-order valence-corrected chi connectivity index (χ3v) is 5.27. The van der Waals surface area contributed by atoms with Gasteiger partial charge < -0.3 is 19.5 Å². The molecule has 7 nitrogen and oxygen atoms in total. The molecule has 1 aliphatic rings. The highest BCUT2D eigenvalue weighted by molar-refractivity contribution is 7.08. The van der Waals surface area contributed by atoms with E-state index in [0.29, 0.717) is 31.3 Å². The molecule has 2 amide bonds. The number of nitrogens with one attached hydrogen (secondary N) is 1. The van der Waals surface area contributed by atoms with Crippen molar-refractivity contribution in [2.45, 2.75) is 12.3 Å². The molecule has 1 aliphatic heterocycles. The minimum Gasteiger partial charge on any atom is -0.497 e. The highest BCUT2D eigenvalue weighted by atomic mass is 32.1. The molecule has 1 saturated heterocycles. The van der Waals surface area contributed by atoms with Gasteiger partial charge in [-0.15, -0.1) is 0 Å². The van der Waals surface area contributed by atoms with Crippen LogP contribution in [0.25, 0.3) is 11.4 Å². The lowest BCUT2D eigenvalue weighted by Gasteiger charge is -2.36. The highest BCUT2D eigenvalue weighted by Gasteiger charge is 2.35. The molecule has 1 fully saturated rings. The van der Waals surface area contributed by atoms with Crippen LogP contribution in [-0.4, -0.2) is 47.8 Å². The molecule has 0 saturated carbocycles. The van der Waals surface area contributed by atoms with Crippen LogP contribution in [0.2, 0.25) is 0 Å². The Labute approximate surface area is 161 Å². The lowest BCUT2D eigenvalue weighted by atomic mass is 10.0. The van der Waals surface area contributed by atoms with E-state index in [9.17, 15) is 4.79 Å². The lowest BCUT2D eigenvalue weighted by molar-refractivity contribution is 0.137. The van der Waals surface area contributed by atoms with Crippen LogP contribution in [0.15, 0.2) is 45.6 Å². The Kier molecular flexibility index (Phi) is 5.06. The van der Waals surface area contributed by atoms with Gasteiger partial charge in [-0.05, 0) is 35.6 Å². The number of carbonyl (C=O) groups excluding carboxylic acids is 1. The highest BCUT2D eigenvalue weighted by Crippen LogP contribution is 2.28. The number of urea groups is 1. The minimum absolute atomic E-state index is 0.0580. The van der Waals surface area contributed by atoms with Crippen molar-refractivity contribution < 1.29 is 14.1 Å². The number of nitrogens with zero attached hydrogens (tertiary/aromatic N) is 3. The van der Waals surface area contributed by atoms with Gasteiger partial charge in [0.1, 0.15) is 5.75 Å². The third kappa shape index (κ3) is 3.95. The predicted octanol–water partition coefficient (Wildman–Crippen LogP) is 3.16. The first-order chi connectivity index (χ1) is 13.2. The van der Waals surface area contributed by atoms with Crippen LogP contribution in [-0.2, 0) is 6.42 Å². The second-order valence-electron chi connectivity index (χ2n) is 6.40. The smallest absolute Gasteiger partial charge is 0.317 e. The first-order valence-corrected chi connectivity index (χ1v) is 9.69. The van der Waals surface area contributed by atoms with Crippen molar-refractivity contribution in [1.29, 1.82) is 0 Å². The summed E-state index contributed by atoms with van der Waals surface area (Å²) < 4.78 is 10.5. The molecular formula is C19H20N4O3S. The second kappa shape index (κ2) is 7.79. The van der Waals surface area contributed by atoms with Crippen molar-refractivity contribution >= 4 is 17.4 Å². The maximum absolute atomic E-state index is 12.2. The van der Waals surface area contributed by atoms with Crippen LogP contribution in [0, 0.1) is 0 Å². The van der Waals surface area contributed by atoms with Crippen LogP contribution in [0.4, 0.5) is 4.79 Å². The number of carbonyl (C=O) groups is 1. The maximum Gasteiger partial charge on any atom is 0.317 e. The summed E-state index contributed by atoms with van der Waals surface area (Å²) in [4.78, 5) is 18.4. The molecule has 4 rings (SSSR count). The van der Waals surface area contributed by atoms with Crippen molar-refractivity contribution in [1.82, 2.24) is 20.4 Å². The monoisotopic (exact) mass is 384 g/mol. The van der Waals surface area contributed by atoms with Crippen molar-refractivity contribution in [2.75, 3.05) is 26.7 Å². The Morgan fingerprint density at radius 3 is 2.85 bits per heavy atom. The molecule has 8 heteroatoms. The van der Waals surface area contributed by atoms with Gasteiger partial charge >= 0.3 is 6.03 Å². The lowest BCUT2D eigenvalue weighted by Crippen LogP contribution is -2.52. The second-order valence-corrected chi connectivity index (χ2v) is 7.18. The molecule has 27 heavy (non-hydrogen) atoms. The average Bonchev–Trinajstić information content (AvgIpc) is 3.33. The molecule has 2 aromatic heterocycles. The predicted molar refractivity (Wildman–Crippen MR) is 102 cm³/mol. The van der Waals surface area contributed by atoms with Crippen LogP contribution < -0.4 is 10.1 Å². The number of ether oxygens (including phenoxy) is 1. The number of rotatable bonds is 6. The summed E-state index contributed by atoms with van der Waals surface area (Å²) in [6.45, 7) is 1.79. The van der Waals surface area contributed by atoms with Crippen molar-refractivity contribution in [3.63, 3.8) is 0 Å². The number of amides is 2. The van der Waals surface area contributed by atoms with E-state index in [4.69, 9.17) is 9.26 Å². The van der Waals surface area contributed by atoms with Gasteiger partial charge in [-0.3, -0.25) is 0 Å². The fourth-order valence-electron chi connectivity index (χ4n) is 2.93. The number of thiophene rings is 1. The van der Waals surface area contributed by atoms with E-state index >= 15 is 0 Å². The number of hydrogen-bond acceptors (Lipinski definition) is 6. The van der Waals surface area contributed by atoms with Gasteiger partial charge in [0.05, 0.1) is 13.0 Å². The van der Waals surface area contributed by atoms with E-state index in [1.165, 1.54) is 0 Å². The van der Waals surface area contributed by atoms with Gasteiger partial charge in [0, 0.05) is 30.6 Å². The molecule has 0 bridgehead atoms. The first-order valence-electron chi connectivity index (χ1n) is 8.75. The minimum atomic E-state index is -0.0580. The Morgan fingerprint density at radius 1 is 1.33 bits per heavy atom. The summed E-state index contributed by atoms with van der Waals surface area (Å²) >= 11 is 1.59. The molecule has 3 heterocycles. The summed E-state index contributed by atoms with van der Waals surface area (Å²) in [6.07, 6.45) is 0.778. The molecule has 3 aromatic rings. The Bertz CT molecular complexity index is 886. The number of benzene rings is 1. The van der Waals surface area contributed by atoms with E-state index in [1.807, 2.05) is 41.1 Å². The van der Waals surface area contributed by atoms with Crippen LogP contribution in [0.1, 0.15) is 17.4 Å². The van der Waals surface area contributed by atoms with Crippen molar-refractivity contribution in [3.8, 4) is 17.1 Å². The number of methoxy groups -OCH3 is 1. The number of aromatic nitrogens is 2. The first kappa shape index (κ1) is 17.5. The number of hydrogen-bond donors (Lipinski definition) is 1. The van der Waals surface area contributed by atoms with Crippen LogP contribution >= 0.6 is 11.3 Å². The Hall–Kier alpha value is -2.87. The van der Waals surface area contributed by atoms with Gasteiger partial charge in [0.15, 0.2) is 0 Å². The van der Waals surface area contributed by atoms with Crippen molar-refractivity contribution in [2.24, 2.45) is 0 Å². The molecular weight excluding hydrogens is 364 g/mol. The van der Waals surface area contributed by atoms with E-state index in [0.717, 1.165) is 23.3 Å². The zero-order chi connectivity index (χ0) is 18.6. The van der Waals surface area contributed by atoms with Gasteiger partial charge in [-0.25, -0.2) is 4.79 Å². The molecule has 140 valence electrons. The summed E-state index contributed by atoms with van der Waals surface area (Å²) in [6, 6.07) is 9.76. The largest absolute Gasteiger partial charge is 0.497 e. The van der Waals surface area contributed by atoms with Gasteiger partial charge in [-0.2, -0.15) is 16.3 Å². The molecule has 1 aromatic carbocycles. The molecule has 0 spiro atoms. The summed E-state index contributed by atoms with van der Waals surface area (Å²) in [5.41, 5.74) is 2.12. The molecule has 0 radical (unpaired) electrons. The maximum atomic E-state index is 12.2. The van der Waals surface area contributed by atoms with E-state index < -0.39 is 0 Å². The zero-order valence-corrected chi connectivity index (χ0v) is 15.7. The van der Waals surface area contributed by atoms with Crippen LogP contribution in [0.3, 0.4) is 0 Å². The summed E-state index contributed by atoms with van der Waals surface area (Å²) in [5, 5.41) is 10.9. The topological polar surface area (TPSA) is 80.5 Å². The SMILES string of the molecule is COc1ccc(CCNC(=O)N2CC(c3nc(-c4ccsc4)no3)C2)cc1. The van der Waals surface area contributed by atoms with E-state index in [1.54, 1.807) is 23.3 Å². The van der Waals surface area contributed by atoms with Crippen LogP contribution in [0.5, 0.6) is 5.75 Å². The normalized spacial score (nSPS) is 14.0. The fourth-order valence-corrected chi connectivity index (χ4v) is 3.56. The molecule has 0 unspecified atom stereocenters. The average molecular weight is 384 g/mol. The van der Waals surface area contributed by atoms with Crippen molar-refractivity contribution in [3.05, 3.63) is 52.5 Å². The summed E-state index contributed by atoms with van der Waals surface area (Å²) in [7, 11) is 1.65. The molecule has 1 N–H and O–H groups in total. The van der Waals surface area contributed by atoms with E-state index in [2.05, 4.69) is 15.5 Å². The summed E-state index contributed by atoms with van der Waals surface area (Å²) in [5.74, 6) is 2.14. The standard InChI is InChI=1S/C19H20N4O3S/c1-25-16-4-2-13(3-5-16)6-8-20-19(24)23-10-15(11-23)18-21-17(22-26-18)14-7-9-27-12-14/h2-5,7,9,12,15H,6,8,10-11H2,1H3,(H,20,24). The molecule has 0 atom stereocenters. The van der Waals surface area contributed by atoms with Gasteiger partial charge in [-0.1, -0.05) is 17.3 Å². The van der Waals surface area contributed by atoms with Gasteiger partial charge in [0.25, 0.3) is 0 Å². The number of likely N-dealkylation sites (tertiary alicyclic amines) is 1. The fraction of sp³-hybridized carbons (Fsp3) is 0.316.